The molecule has 0 aliphatic carbocycles. The first-order valence-electron chi connectivity index (χ1n) is 7.12. The number of nitrogens with two attached hydrogens (primary N) is 1. The van der Waals surface area contributed by atoms with E-state index >= 15 is 0 Å². The number of hydrazine groups is 1. The molecule has 1 aliphatic heterocycles. The third-order valence-electron chi connectivity index (χ3n) is 3.74. The first kappa shape index (κ1) is 14.0. The fraction of sp³-hybridized carbons (Fsp3) is 0.533. The summed E-state index contributed by atoms with van der Waals surface area (Å²) in [7, 11) is 0. The van der Waals surface area contributed by atoms with Gasteiger partial charge in [-0.2, -0.15) is 0 Å². The molecule has 0 bridgehead atoms. The van der Waals surface area contributed by atoms with Crippen molar-refractivity contribution in [3.05, 3.63) is 35.4 Å². The molecule has 0 spiro atoms. The van der Waals surface area contributed by atoms with E-state index in [0.29, 0.717) is 5.56 Å². The van der Waals surface area contributed by atoms with Gasteiger partial charge in [0.2, 0.25) is 0 Å². The van der Waals surface area contributed by atoms with E-state index in [1.165, 1.54) is 32.1 Å². The van der Waals surface area contributed by atoms with Gasteiger partial charge in [-0.3, -0.25) is 15.1 Å². The van der Waals surface area contributed by atoms with Crippen molar-refractivity contribution in [3.63, 3.8) is 0 Å². The molecule has 19 heavy (non-hydrogen) atoms. The maximum absolute atomic E-state index is 11.7. The number of carbonyl (C=O) groups excluding carboxylic acids is 1. The van der Waals surface area contributed by atoms with Crippen LogP contribution in [0.15, 0.2) is 24.3 Å². The lowest BCUT2D eigenvalue weighted by Crippen LogP contribution is -2.32. The summed E-state index contributed by atoms with van der Waals surface area (Å²) < 4.78 is 0. The number of benzene rings is 1. The van der Waals surface area contributed by atoms with Crippen molar-refractivity contribution in [3.8, 4) is 0 Å². The molecule has 0 saturated carbocycles. The van der Waals surface area contributed by atoms with E-state index in [4.69, 9.17) is 5.84 Å². The van der Waals surface area contributed by atoms with E-state index in [0.717, 1.165) is 25.2 Å². The first-order valence-corrected chi connectivity index (χ1v) is 7.12. The summed E-state index contributed by atoms with van der Waals surface area (Å²) in [5.74, 6) is 5.03. The van der Waals surface area contributed by atoms with Crippen molar-refractivity contribution in [2.45, 2.75) is 38.6 Å². The standard InChI is InChI=1S/C15H23N3O/c16-17-15(19)14-9-5-4-8-13(14)12-18-10-6-2-1-3-7-11-18/h4-5,8-9H,1-3,6-7,10-12,16H2,(H,17,19). The van der Waals surface area contributed by atoms with Crippen LogP contribution in [0.25, 0.3) is 0 Å². The average Bonchev–Trinajstić information content (AvgIpc) is 2.41. The number of hydrogen-bond acceptors (Lipinski definition) is 3. The zero-order chi connectivity index (χ0) is 13.5. The zero-order valence-corrected chi connectivity index (χ0v) is 11.4. The summed E-state index contributed by atoms with van der Waals surface area (Å²) in [5.41, 5.74) is 3.97. The Kier molecular flexibility index (Phi) is 5.36. The molecule has 2 rings (SSSR count). The molecule has 1 amide bonds. The van der Waals surface area contributed by atoms with Gasteiger partial charge in [0.15, 0.2) is 0 Å². The second kappa shape index (κ2) is 7.26. The van der Waals surface area contributed by atoms with Crippen LogP contribution in [0.5, 0.6) is 0 Å². The molecule has 0 unspecified atom stereocenters. The minimum atomic E-state index is -0.206. The van der Waals surface area contributed by atoms with E-state index in [-0.39, 0.29) is 5.91 Å². The molecule has 1 aliphatic rings. The third kappa shape index (κ3) is 4.04. The van der Waals surface area contributed by atoms with Gasteiger partial charge < -0.3 is 0 Å². The van der Waals surface area contributed by atoms with Gasteiger partial charge in [-0.1, -0.05) is 37.5 Å². The first-order chi connectivity index (χ1) is 9.31. The van der Waals surface area contributed by atoms with Gasteiger partial charge in [-0.15, -0.1) is 0 Å². The molecule has 1 aromatic rings. The molecule has 0 atom stereocenters. The lowest BCUT2D eigenvalue weighted by atomic mass is 10.0. The van der Waals surface area contributed by atoms with Crippen LogP contribution in [0.2, 0.25) is 0 Å². The van der Waals surface area contributed by atoms with E-state index in [9.17, 15) is 4.79 Å². The second-order valence-electron chi connectivity index (χ2n) is 5.17. The predicted molar refractivity (Wildman–Crippen MR) is 76.5 cm³/mol. The van der Waals surface area contributed by atoms with E-state index in [1.807, 2.05) is 24.3 Å². The normalized spacial score (nSPS) is 17.5. The van der Waals surface area contributed by atoms with E-state index in [1.54, 1.807) is 0 Å². The van der Waals surface area contributed by atoms with Crippen LogP contribution in [-0.4, -0.2) is 23.9 Å². The van der Waals surface area contributed by atoms with Gasteiger partial charge in [0.1, 0.15) is 0 Å². The van der Waals surface area contributed by atoms with Gasteiger partial charge in [-0.25, -0.2) is 5.84 Å². The quantitative estimate of drug-likeness (QED) is 0.497. The summed E-state index contributed by atoms with van der Waals surface area (Å²) >= 11 is 0. The molecule has 104 valence electrons. The van der Waals surface area contributed by atoms with Crippen LogP contribution in [0.4, 0.5) is 0 Å². The summed E-state index contributed by atoms with van der Waals surface area (Å²) in [6.45, 7) is 3.08. The number of amides is 1. The second-order valence-corrected chi connectivity index (χ2v) is 5.17. The number of hydrogen-bond donors (Lipinski definition) is 2. The molecule has 4 nitrogen and oxygen atoms in total. The Morgan fingerprint density at radius 2 is 1.74 bits per heavy atom. The Morgan fingerprint density at radius 1 is 1.11 bits per heavy atom. The Balaban J connectivity index is 2.06. The number of carbonyl (C=O) groups is 1. The van der Waals surface area contributed by atoms with Crippen LogP contribution in [0, 0.1) is 0 Å². The van der Waals surface area contributed by atoms with Crippen molar-refractivity contribution in [2.75, 3.05) is 13.1 Å². The highest BCUT2D eigenvalue weighted by atomic mass is 16.2. The van der Waals surface area contributed by atoms with Crippen LogP contribution in [0.1, 0.15) is 48.0 Å². The van der Waals surface area contributed by atoms with Gasteiger partial charge in [0.25, 0.3) is 5.91 Å². The largest absolute Gasteiger partial charge is 0.299 e. The van der Waals surface area contributed by atoms with Gasteiger partial charge in [0.05, 0.1) is 0 Å². The summed E-state index contributed by atoms with van der Waals surface area (Å²) in [6, 6.07) is 7.71. The van der Waals surface area contributed by atoms with Crippen molar-refractivity contribution < 1.29 is 4.79 Å². The highest BCUT2D eigenvalue weighted by molar-refractivity contribution is 5.95. The molecule has 1 aromatic carbocycles. The lowest BCUT2D eigenvalue weighted by molar-refractivity contribution is 0.0951. The average molecular weight is 261 g/mol. The Morgan fingerprint density at radius 3 is 2.42 bits per heavy atom. The zero-order valence-electron chi connectivity index (χ0n) is 11.4. The minimum Gasteiger partial charge on any atom is -0.299 e. The van der Waals surface area contributed by atoms with E-state index < -0.39 is 0 Å². The maximum atomic E-state index is 11.7. The summed E-state index contributed by atoms with van der Waals surface area (Å²) in [6.07, 6.45) is 6.51. The summed E-state index contributed by atoms with van der Waals surface area (Å²) in [5, 5.41) is 0. The van der Waals surface area contributed by atoms with Crippen molar-refractivity contribution in [2.24, 2.45) is 5.84 Å². The molecule has 0 aromatic heterocycles. The topological polar surface area (TPSA) is 58.4 Å². The number of nitrogens with one attached hydrogen (secondary N) is 1. The molecule has 1 fully saturated rings. The molecular formula is C15H23N3O. The van der Waals surface area contributed by atoms with Crippen LogP contribution in [-0.2, 0) is 6.54 Å². The van der Waals surface area contributed by atoms with Crippen molar-refractivity contribution in [1.29, 1.82) is 0 Å². The van der Waals surface area contributed by atoms with Crippen LogP contribution >= 0.6 is 0 Å². The molecule has 0 radical (unpaired) electrons. The highest BCUT2D eigenvalue weighted by Gasteiger charge is 2.13. The maximum Gasteiger partial charge on any atom is 0.265 e. The SMILES string of the molecule is NNC(=O)c1ccccc1CN1CCCCCCC1. The van der Waals surface area contributed by atoms with Gasteiger partial charge >= 0.3 is 0 Å². The fourth-order valence-electron chi connectivity index (χ4n) is 2.67. The van der Waals surface area contributed by atoms with Crippen LogP contribution < -0.4 is 11.3 Å². The summed E-state index contributed by atoms with van der Waals surface area (Å²) in [4.78, 5) is 14.2. The molecule has 4 heteroatoms. The Hall–Kier alpha value is -1.39. The number of likely N-dealkylation sites (tertiary alicyclic amines) is 1. The lowest BCUT2D eigenvalue weighted by Gasteiger charge is -2.25. The van der Waals surface area contributed by atoms with Crippen LogP contribution in [0.3, 0.4) is 0 Å². The van der Waals surface area contributed by atoms with E-state index in [2.05, 4.69) is 10.3 Å². The highest BCUT2D eigenvalue weighted by Crippen LogP contribution is 2.16. The molecule has 1 saturated heterocycles. The molecule has 1 heterocycles. The Labute approximate surface area is 114 Å². The van der Waals surface area contributed by atoms with Gasteiger partial charge in [0, 0.05) is 12.1 Å². The molecular weight excluding hydrogens is 238 g/mol. The predicted octanol–water partition coefficient (Wildman–Crippen LogP) is 2.06. The third-order valence-corrected chi connectivity index (χ3v) is 3.74. The molecule has 3 N–H and O–H groups in total. The smallest absolute Gasteiger partial charge is 0.265 e. The number of nitrogens with zero attached hydrogens (tertiary/aromatic N) is 1. The number of rotatable bonds is 3. The minimum absolute atomic E-state index is 0.206. The van der Waals surface area contributed by atoms with Gasteiger partial charge in [-0.05, 0) is 37.6 Å². The monoisotopic (exact) mass is 261 g/mol. The number of nitrogen functional groups attached to an aromatic ring is 1. The van der Waals surface area contributed by atoms with Crippen molar-refractivity contribution >= 4 is 5.91 Å². The fourth-order valence-corrected chi connectivity index (χ4v) is 2.67. The Bertz CT molecular complexity index is 412. The van der Waals surface area contributed by atoms with Crippen molar-refractivity contribution in [1.82, 2.24) is 10.3 Å².